The van der Waals surface area contributed by atoms with Crippen LogP contribution >= 0.6 is 11.6 Å². The van der Waals surface area contributed by atoms with E-state index in [-0.39, 0.29) is 5.28 Å². The Balaban J connectivity index is 1.78. The van der Waals surface area contributed by atoms with E-state index in [4.69, 9.17) is 21.3 Å². The Morgan fingerprint density at radius 2 is 1.76 bits per heavy atom. The van der Waals surface area contributed by atoms with Crippen LogP contribution in [0, 0.1) is 0 Å². The van der Waals surface area contributed by atoms with Crippen LogP contribution in [0.25, 0.3) is 11.0 Å². The topological polar surface area (TPSA) is 76.4 Å². The van der Waals surface area contributed by atoms with Crippen LogP contribution in [0.15, 0.2) is 60.8 Å². The Morgan fingerprint density at radius 1 is 1.03 bits per heavy atom. The highest BCUT2D eigenvalue weighted by Crippen LogP contribution is 2.32. The van der Waals surface area contributed by atoms with Gasteiger partial charge in [-0.25, -0.2) is 24.6 Å². The van der Waals surface area contributed by atoms with Gasteiger partial charge in [-0.1, -0.05) is 18.2 Å². The summed E-state index contributed by atoms with van der Waals surface area (Å²) in [6.07, 6.45) is 1.11. The summed E-state index contributed by atoms with van der Waals surface area (Å²) in [6, 6.07) is 17.0. The molecule has 9 heteroatoms. The average Bonchev–Trinajstić information content (AvgIpc) is 3.08. The maximum Gasteiger partial charge on any atom is 0.421 e. The average molecular weight is 465 g/mol. The molecule has 0 N–H and O–H groups in total. The van der Waals surface area contributed by atoms with E-state index < -0.39 is 11.7 Å². The number of aryl methyl sites for hydroxylation is 1. The Bertz CT molecular complexity index is 1300. The minimum absolute atomic E-state index is 0.177. The highest BCUT2D eigenvalue weighted by Gasteiger charge is 2.28. The summed E-state index contributed by atoms with van der Waals surface area (Å²) < 4.78 is 7.56. The third kappa shape index (κ3) is 4.75. The van der Waals surface area contributed by atoms with E-state index in [9.17, 15) is 4.79 Å². The second-order valence-electron chi connectivity index (χ2n) is 8.54. The van der Waals surface area contributed by atoms with Gasteiger partial charge in [0.1, 0.15) is 11.4 Å². The van der Waals surface area contributed by atoms with Crippen molar-refractivity contribution >= 4 is 51.9 Å². The van der Waals surface area contributed by atoms with Gasteiger partial charge in [0.05, 0.1) is 16.7 Å². The van der Waals surface area contributed by atoms with E-state index in [0.29, 0.717) is 17.5 Å². The van der Waals surface area contributed by atoms with Crippen LogP contribution in [0.3, 0.4) is 0 Å². The number of aromatic nitrogens is 4. The molecule has 2 heterocycles. The summed E-state index contributed by atoms with van der Waals surface area (Å²) in [4.78, 5) is 29.6. The molecule has 0 fully saturated rings. The molecule has 4 aromatic rings. The van der Waals surface area contributed by atoms with E-state index in [2.05, 4.69) is 9.97 Å². The summed E-state index contributed by atoms with van der Waals surface area (Å²) in [5, 5.41) is 0.177. The maximum absolute atomic E-state index is 13.2. The number of imidazole rings is 1. The lowest BCUT2D eigenvalue weighted by Crippen LogP contribution is -2.35. The first kappa shape index (κ1) is 22.5. The summed E-state index contributed by atoms with van der Waals surface area (Å²) in [5.74, 6) is 1.11. The minimum Gasteiger partial charge on any atom is -0.443 e. The smallest absolute Gasteiger partial charge is 0.421 e. The quantitative estimate of drug-likeness (QED) is 0.352. The number of rotatable bonds is 4. The first-order valence-electron chi connectivity index (χ1n) is 10.4. The fraction of sp³-hybridized carbons (Fsp3) is 0.250. The van der Waals surface area contributed by atoms with Gasteiger partial charge in [-0.15, -0.1) is 0 Å². The standard InChI is InChI=1S/C24H25ClN6O2/c1-24(2,3)33-23(32)31(16-9-7-6-8-10-16)22-27-18-15-17(11-12-19(18)30(22)5)29(4)20-13-14-26-21(25)28-20/h6-15H,1-5H3. The summed E-state index contributed by atoms with van der Waals surface area (Å²) in [5.41, 5.74) is 2.47. The Kier molecular flexibility index (Phi) is 5.95. The highest BCUT2D eigenvalue weighted by molar-refractivity contribution is 6.28. The normalized spacial score (nSPS) is 11.5. The summed E-state index contributed by atoms with van der Waals surface area (Å²) in [7, 11) is 3.76. The van der Waals surface area contributed by atoms with Gasteiger partial charge in [0.25, 0.3) is 0 Å². The van der Waals surface area contributed by atoms with Crippen LogP contribution in [0.5, 0.6) is 0 Å². The molecule has 0 aliphatic rings. The molecule has 2 aromatic heterocycles. The van der Waals surface area contributed by atoms with Crippen molar-refractivity contribution in [3.63, 3.8) is 0 Å². The molecule has 170 valence electrons. The molecular weight excluding hydrogens is 440 g/mol. The first-order valence-corrected chi connectivity index (χ1v) is 10.8. The Labute approximate surface area is 197 Å². The van der Waals surface area contributed by atoms with Crippen molar-refractivity contribution in [2.45, 2.75) is 26.4 Å². The molecule has 0 unspecified atom stereocenters. The van der Waals surface area contributed by atoms with Gasteiger partial charge < -0.3 is 14.2 Å². The van der Waals surface area contributed by atoms with Crippen molar-refractivity contribution in [2.75, 3.05) is 16.8 Å². The van der Waals surface area contributed by atoms with Crippen molar-refractivity contribution in [3.8, 4) is 0 Å². The Hall–Kier alpha value is -3.65. The Morgan fingerprint density at radius 3 is 2.42 bits per heavy atom. The zero-order chi connectivity index (χ0) is 23.8. The van der Waals surface area contributed by atoms with Gasteiger partial charge in [-0.05, 0) is 68.8 Å². The number of amides is 1. The molecule has 1 amide bonds. The van der Waals surface area contributed by atoms with E-state index in [1.54, 1.807) is 12.3 Å². The zero-order valence-corrected chi connectivity index (χ0v) is 19.9. The van der Waals surface area contributed by atoms with Crippen molar-refractivity contribution < 1.29 is 9.53 Å². The highest BCUT2D eigenvalue weighted by atomic mass is 35.5. The zero-order valence-electron chi connectivity index (χ0n) is 19.2. The van der Waals surface area contributed by atoms with E-state index in [1.807, 2.05) is 92.9 Å². The lowest BCUT2D eigenvalue weighted by atomic mass is 10.2. The molecule has 2 aromatic carbocycles. The van der Waals surface area contributed by atoms with Gasteiger partial charge >= 0.3 is 6.09 Å². The first-order chi connectivity index (χ1) is 15.6. The van der Waals surface area contributed by atoms with Crippen molar-refractivity contribution in [2.24, 2.45) is 7.05 Å². The lowest BCUT2D eigenvalue weighted by Gasteiger charge is -2.26. The van der Waals surface area contributed by atoms with Gasteiger partial charge in [0.2, 0.25) is 11.2 Å². The van der Waals surface area contributed by atoms with Gasteiger partial charge in [-0.2, -0.15) is 0 Å². The van der Waals surface area contributed by atoms with Crippen molar-refractivity contribution in [1.29, 1.82) is 0 Å². The predicted molar refractivity (Wildman–Crippen MR) is 131 cm³/mol. The second kappa shape index (κ2) is 8.71. The fourth-order valence-corrected chi connectivity index (χ4v) is 3.56. The monoisotopic (exact) mass is 464 g/mol. The number of hydrogen-bond acceptors (Lipinski definition) is 6. The lowest BCUT2D eigenvalue weighted by molar-refractivity contribution is 0.0596. The minimum atomic E-state index is -0.649. The van der Waals surface area contributed by atoms with Crippen LogP contribution in [0.4, 0.5) is 27.9 Å². The number of nitrogens with zero attached hydrogens (tertiary/aromatic N) is 6. The van der Waals surface area contributed by atoms with Crippen LogP contribution in [-0.2, 0) is 11.8 Å². The van der Waals surface area contributed by atoms with Crippen molar-refractivity contribution in [3.05, 3.63) is 66.1 Å². The molecule has 0 aliphatic carbocycles. The van der Waals surface area contributed by atoms with Crippen LogP contribution < -0.4 is 9.80 Å². The van der Waals surface area contributed by atoms with E-state index >= 15 is 0 Å². The molecule has 0 saturated carbocycles. The molecular formula is C24H25ClN6O2. The number of benzene rings is 2. The van der Waals surface area contributed by atoms with Gasteiger partial charge in [0.15, 0.2) is 0 Å². The number of para-hydroxylation sites is 1. The maximum atomic E-state index is 13.2. The molecule has 0 spiro atoms. The number of anilines is 4. The SMILES string of the molecule is CN(c1ccc2c(c1)nc(N(C(=O)OC(C)(C)C)c1ccccc1)n2C)c1ccnc(Cl)n1. The molecule has 0 radical (unpaired) electrons. The molecule has 0 saturated heterocycles. The summed E-state index contributed by atoms with van der Waals surface area (Å²) in [6.45, 7) is 5.51. The number of halogens is 1. The van der Waals surface area contributed by atoms with E-state index in [1.165, 1.54) is 4.90 Å². The number of ether oxygens (including phenoxy) is 1. The molecule has 33 heavy (non-hydrogen) atoms. The fourth-order valence-electron chi connectivity index (χ4n) is 3.42. The second-order valence-corrected chi connectivity index (χ2v) is 8.88. The van der Waals surface area contributed by atoms with Gasteiger partial charge in [-0.3, -0.25) is 0 Å². The molecule has 4 rings (SSSR count). The molecule has 0 bridgehead atoms. The summed E-state index contributed by atoms with van der Waals surface area (Å²) >= 11 is 5.95. The number of carbonyl (C=O) groups excluding carboxylic acids is 1. The molecule has 0 atom stereocenters. The molecule has 0 aliphatic heterocycles. The van der Waals surface area contributed by atoms with Crippen LogP contribution in [0.1, 0.15) is 20.8 Å². The van der Waals surface area contributed by atoms with Crippen LogP contribution in [0.2, 0.25) is 5.28 Å². The number of fused-ring (bicyclic) bond motifs is 1. The third-order valence-electron chi connectivity index (χ3n) is 4.97. The van der Waals surface area contributed by atoms with Crippen molar-refractivity contribution in [1.82, 2.24) is 19.5 Å². The van der Waals surface area contributed by atoms with Gasteiger partial charge in [0, 0.05) is 26.0 Å². The third-order valence-corrected chi connectivity index (χ3v) is 5.16. The predicted octanol–water partition coefficient (Wildman–Crippen LogP) is 5.86. The van der Waals surface area contributed by atoms with Crippen LogP contribution in [-0.4, -0.2) is 38.3 Å². The number of carbonyl (C=O) groups is 1. The molecule has 8 nitrogen and oxygen atoms in total. The van der Waals surface area contributed by atoms with E-state index in [0.717, 1.165) is 16.7 Å². The number of hydrogen-bond donors (Lipinski definition) is 0. The largest absolute Gasteiger partial charge is 0.443 e.